The number of nitrogens with zero attached hydrogens (tertiary/aromatic N) is 2. The molecule has 0 atom stereocenters. The second kappa shape index (κ2) is 11.6. The van der Waals surface area contributed by atoms with Gasteiger partial charge in [-0.05, 0) is 36.4 Å². The lowest BCUT2D eigenvalue weighted by atomic mass is 10.3. The number of aliphatic imine (C=N–C) groups is 1. The molecule has 1 heterocycles. The molecule has 0 fully saturated rings. The second-order valence-electron chi connectivity index (χ2n) is 5.71. The number of benzene rings is 1. The minimum absolute atomic E-state index is 0. The van der Waals surface area contributed by atoms with Gasteiger partial charge in [0, 0.05) is 32.1 Å². The van der Waals surface area contributed by atoms with Crippen LogP contribution < -0.4 is 5.32 Å². The average Bonchev–Trinajstić information content (AvgIpc) is 3.14. The first-order chi connectivity index (χ1) is 12.0. The fourth-order valence-corrected chi connectivity index (χ4v) is 4.46. The smallest absolute Gasteiger partial charge is 0.193 e. The lowest BCUT2D eigenvalue weighted by Crippen LogP contribution is -2.40. The van der Waals surface area contributed by atoms with Crippen molar-refractivity contribution in [3.05, 3.63) is 52.7 Å². The van der Waals surface area contributed by atoms with Gasteiger partial charge in [0.25, 0.3) is 0 Å². The van der Waals surface area contributed by atoms with E-state index in [2.05, 4.69) is 32.7 Å². The summed E-state index contributed by atoms with van der Waals surface area (Å²) < 4.78 is 24.5. The van der Waals surface area contributed by atoms with Gasteiger partial charge in [0.15, 0.2) is 15.8 Å². The van der Waals surface area contributed by atoms with E-state index in [0.29, 0.717) is 17.9 Å². The number of rotatable bonds is 8. The van der Waals surface area contributed by atoms with Gasteiger partial charge in [0.1, 0.15) is 0 Å². The number of sulfone groups is 1. The van der Waals surface area contributed by atoms with Gasteiger partial charge < -0.3 is 10.2 Å². The Bertz CT molecular complexity index is 763. The molecule has 0 saturated carbocycles. The van der Waals surface area contributed by atoms with Crippen molar-refractivity contribution in [2.24, 2.45) is 4.99 Å². The fourth-order valence-electron chi connectivity index (χ4n) is 2.43. The molecule has 8 heteroatoms. The van der Waals surface area contributed by atoms with Gasteiger partial charge in [-0.15, -0.1) is 35.3 Å². The van der Waals surface area contributed by atoms with E-state index in [9.17, 15) is 8.42 Å². The Morgan fingerprint density at radius 1 is 1.19 bits per heavy atom. The molecule has 1 aromatic carbocycles. The van der Waals surface area contributed by atoms with Crippen LogP contribution in [0.2, 0.25) is 0 Å². The zero-order valence-corrected chi connectivity index (χ0v) is 19.1. The van der Waals surface area contributed by atoms with Crippen molar-refractivity contribution >= 4 is 51.1 Å². The Labute approximate surface area is 177 Å². The van der Waals surface area contributed by atoms with Gasteiger partial charge in [-0.1, -0.05) is 24.3 Å². The van der Waals surface area contributed by atoms with Gasteiger partial charge in [-0.2, -0.15) is 0 Å². The molecule has 5 nitrogen and oxygen atoms in total. The Hall–Kier alpha value is -1.13. The van der Waals surface area contributed by atoms with Crippen LogP contribution in [-0.2, 0) is 16.3 Å². The Balaban J connectivity index is 0.00000338. The molecule has 0 saturated heterocycles. The van der Waals surface area contributed by atoms with Crippen molar-refractivity contribution in [3.8, 4) is 0 Å². The number of hydrogen-bond acceptors (Lipinski definition) is 4. The monoisotopic (exact) mass is 507 g/mol. The summed E-state index contributed by atoms with van der Waals surface area (Å²) in [6.07, 6.45) is 1.51. The van der Waals surface area contributed by atoms with Crippen molar-refractivity contribution in [1.82, 2.24) is 10.2 Å². The molecule has 0 spiro atoms. The van der Waals surface area contributed by atoms with Crippen molar-refractivity contribution in [1.29, 1.82) is 0 Å². The highest BCUT2D eigenvalue weighted by Crippen LogP contribution is 2.11. The molecule has 0 amide bonds. The summed E-state index contributed by atoms with van der Waals surface area (Å²) in [5.41, 5.74) is 0. The summed E-state index contributed by atoms with van der Waals surface area (Å²) >= 11 is 1.75. The maximum Gasteiger partial charge on any atom is 0.193 e. The largest absolute Gasteiger partial charge is 0.356 e. The number of hydrogen-bond donors (Lipinski definition) is 1. The molecule has 0 aliphatic rings. The third-order valence-corrected chi connectivity index (χ3v) is 6.58. The Kier molecular flexibility index (Phi) is 10.2. The van der Waals surface area contributed by atoms with Crippen molar-refractivity contribution in [3.63, 3.8) is 0 Å². The molecule has 2 rings (SSSR count). The second-order valence-corrected chi connectivity index (χ2v) is 8.85. The lowest BCUT2D eigenvalue weighted by molar-refractivity contribution is 0.486. The highest BCUT2D eigenvalue weighted by molar-refractivity contribution is 14.0. The molecular formula is C18H26IN3O2S2. The first-order valence-corrected chi connectivity index (χ1v) is 10.8. The summed E-state index contributed by atoms with van der Waals surface area (Å²) in [6, 6.07) is 12.8. The van der Waals surface area contributed by atoms with Gasteiger partial charge >= 0.3 is 0 Å². The molecule has 0 unspecified atom stereocenters. The molecule has 0 bridgehead atoms. The van der Waals surface area contributed by atoms with Crippen LogP contribution in [0.5, 0.6) is 0 Å². The predicted octanol–water partition coefficient (Wildman–Crippen LogP) is 3.28. The van der Waals surface area contributed by atoms with E-state index in [1.165, 1.54) is 4.88 Å². The molecule has 144 valence electrons. The summed E-state index contributed by atoms with van der Waals surface area (Å²) in [7, 11) is 0.513. The minimum Gasteiger partial charge on any atom is -0.356 e. The summed E-state index contributed by atoms with van der Waals surface area (Å²) in [5, 5.41) is 5.32. The Morgan fingerprint density at radius 2 is 1.92 bits per heavy atom. The molecule has 0 aliphatic carbocycles. The summed E-state index contributed by atoms with van der Waals surface area (Å²) in [5.74, 6) is 0.911. The number of likely N-dealkylation sites (N-methyl/N-ethyl adjacent to an activating group) is 1. The number of nitrogens with one attached hydrogen (secondary N) is 1. The van der Waals surface area contributed by atoms with Crippen molar-refractivity contribution < 1.29 is 8.42 Å². The highest BCUT2D eigenvalue weighted by atomic mass is 127. The lowest BCUT2D eigenvalue weighted by Gasteiger charge is -2.21. The van der Waals surface area contributed by atoms with Crippen LogP contribution in [0.25, 0.3) is 0 Å². The van der Waals surface area contributed by atoms with E-state index >= 15 is 0 Å². The SMILES string of the molecule is CN=C(NCCCS(=O)(=O)c1ccccc1)N(C)CCc1cccs1.I. The molecule has 0 aliphatic heterocycles. The fraction of sp³-hybridized carbons (Fsp3) is 0.389. The first-order valence-electron chi connectivity index (χ1n) is 8.25. The van der Waals surface area contributed by atoms with Crippen LogP contribution in [0, 0.1) is 0 Å². The van der Waals surface area contributed by atoms with Crippen LogP contribution in [-0.4, -0.2) is 52.2 Å². The van der Waals surface area contributed by atoms with Crippen LogP contribution in [0.15, 0.2) is 57.7 Å². The number of thiophene rings is 1. The molecule has 1 N–H and O–H groups in total. The number of guanidine groups is 1. The van der Waals surface area contributed by atoms with Crippen LogP contribution in [0.4, 0.5) is 0 Å². The number of halogens is 1. The van der Waals surface area contributed by atoms with E-state index in [0.717, 1.165) is 18.9 Å². The Morgan fingerprint density at radius 3 is 2.54 bits per heavy atom. The van der Waals surface area contributed by atoms with Crippen LogP contribution in [0.1, 0.15) is 11.3 Å². The van der Waals surface area contributed by atoms with Gasteiger partial charge in [0.05, 0.1) is 10.6 Å². The van der Waals surface area contributed by atoms with Crippen molar-refractivity contribution in [2.75, 3.05) is 32.9 Å². The maximum absolute atomic E-state index is 12.2. The van der Waals surface area contributed by atoms with E-state index in [-0.39, 0.29) is 29.7 Å². The van der Waals surface area contributed by atoms with Gasteiger partial charge in [0.2, 0.25) is 0 Å². The quantitative estimate of drug-likeness (QED) is 0.258. The standard InChI is InChI=1S/C18H25N3O2S2.HI/c1-19-18(21(2)13-11-16-8-6-14-24-16)20-12-7-15-25(22,23)17-9-4-3-5-10-17;/h3-6,8-10,14H,7,11-13,15H2,1-2H3,(H,19,20);1H. The average molecular weight is 507 g/mol. The van der Waals surface area contributed by atoms with E-state index in [4.69, 9.17) is 0 Å². The molecule has 1 aromatic heterocycles. The third-order valence-electron chi connectivity index (χ3n) is 3.82. The molecule has 26 heavy (non-hydrogen) atoms. The third kappa shape index (κ3) is 7.24. The van der Waals surface area contributed by atoms with E-state index in [1.54, 1.807) is 42.6 Å². The van der Waals surface area contributed by atoms with Crippen molar-refractivity contribution in [2.45, 2.75) is 17.7 Å². The highest BCUT2D eigenvalue weighted by Gasteiger charge is 2.13. The first kappa shape index (κ1) is 22.9. The van der Waals surface area contributed by atoms with E-state index in [1.807, 2.05) is 13.1 Å². The van der Waals surface area contributed by atoms with E-state index < -0.39 is 9.84 Å². The zero-order chi connectivity index (χ0) is 18.1. The zero-order valence-electron chi connectivity index (χ0n) is 15.1. The molecule has 0 radical (unpaired) electrons. The topological polar surface area (TPSA) is 61.8 Å². The normalized spacial score (nSPS) is 11.7. The summed E-state index contributed by atoms with van der Waals surface area (Å²) in [6.45, 7) is 1.44. The maximum atomic E-state index is 12.2. The molecular weight excluding hydrogens is 481 g/mol. The molecule has 2 aromatic rings. The van der Waals surface area contributed by atoms with Crippen LogP contribution >= 0.6 is 35.3 Å². The minimum atomic E-state index is -3.22. The predicted molar refractivity (Wildman–Crippen MR) is 121 cm³/mol. The van der Waals surface area contributed by atoms with Crippen LogP contribution in [0.3, 0.4) is 0 Å². The van der Waals surface area contributed by atoms with Gasteiger partial charge in [-0.25, -0.2) is 8.42 Å². The van der Waals surface area contributed by atoms with Gasteiger partial charge in [-0.3, -0.25) is 4.99 Å². The summed E-state index contributed by atoms with van der Waals surface area (Å²) in [4.78, 5) is 8.05.